The number of hydrogen-bond donors (Lipinski definition) is 0. The smallest absolute Gasteiger partial charge is 0.133 e. The van der Waals surface area contributed by atoms with Crippen LogP contribution in [0.5, 0.6) is 0 Å². The Hall–Kier alpha value is -0.330. The molecule has 0 heterocycles. The van der Waals surface area contributed by atoms with Crippen LogP contribution in [0.2, 0.25) is 0 Å². The summed E-state index contributed by atoms with van der Waals surface area (Å²) in [6.07, 6.45) is 15.9. The third-order valence-electron chi connectivity index (χ3n) is 10.7. The normalized spacial score (nSPS) is 46.8. The predicted octanol–water partition coefficient (Wildman–Crippen LogP) is 7.68. The summed E-state index contributed by atoms with van der Waals surface area (Å²) in [4.78, 5) is 12.1. The monoisotopic (exact) mass is 386 g/mol. The van der Waals surface area contributed by atoms with E-state index in [1.165, 1.54) is 64.2 Å². The molecule has 1 nitrogen and oxygen atoms in total. The predicted molar refractivity (Wildman–Crippen MR) is 118 cm³/mol. The van der Waals surface area contributed by atoms with Gasteiger partial charge in [-0.2, -0.15) is 0 Å². The average Bonchev–Trinajstić information content (AvgIpc) is 2.99. The summed E-state index contributed by atoms with van der Waals surface area (Å²) < 4.78 is 0. The third kappa shape index (κ3) is 3.41. The Kier molecular flexibility index (Phi) is 5.78. The molecule has 160 valence electrons. The van der Waals surface area contributed by atoms with Crippen molar-refractivity contribution in [2.45, 2.75) is 112 Å². The Morgan fingerprint density at radius 1 is 0.893 bits per heavy atom. The van der Waals surface area contributed by atoms with Gasteiger partial charge in [-0.3, -0.25) is 4.79 Å². The quantitative estimate of drug-likeness (QED) is 0.473. The molecule has 4 aliphatic rings. The first-order valence-electron chi connectivity index (χ1n) is 12.8. The van der Waals surface area contributed by atoms with Crippen LogP contribution in [0.15, 0.2) is 0 Å². The van der Waals surface area contributed by atoms with Crippen molar-refractivity contribution in [1.82, 2.24) is 0 Å². The highest BCUT2D eigenvalue weighted by Gasteiger charge is 2.60. The summed E-state index contributed by atoms with van der Waals surface area (Å²) in [6, 6.07) is 0. The Balaban J connectivity index is 1.47. The molecular formula is C27H46O. The third-order valence-corrected chi connectivity index (χ3v) is 10.7. The fourth-order valence-electron chi connectivity index (χ4n) is 9.07. The van der Waals surface area contributed by atoms with Gasteiger partial charge in [0.1, 0.15) is 5.78 Å². The fraction of sp³-hybridized carbons (Fsp3) is 0.963. The first-order chi connectivity index (χ1) is 13.3. The first-order valence-corrected chi connectivity index (χ1v) is 12.8. The second-order valence-corrected chi connectivity index (χ2v) is 12.4. The minimum absolute atomic E-state index is 0.471. The molecule has 0 aliphatic heterocycles. The van der Waals surface area contributed by atoms with E-state index in [-0.39, 0.29) is 0 Å². The summed E-state index contributed by atoms with van der Waals surface area (Å²) in [6.45, 7) is 12.6. The van der Waals surface area contributed by atoms with Crippen LogP contribution in [-0.4, -0.2) is 5.78 Å². The second kappa shape index (κ2) is 7.73. The van der Waals surface area contributed by atoms with Crippen molar-refractivity contribution in [2.24, 2.45) is 52.3 Å². The molecule has 28 heavy (non-hydrogen) atoms. The molecule has 0 aromatic rings. The van der Waals surface area contributed by atoms with Gasteiger partial charge < -0.3 is 0 Å². The van der Waals surface area contributed by atoms with E-state index in [1.807, 2.05) is 0 Å². The molecule has 4 rings (SSSR count). The standard InChI is InChI=1S/C27H46O/c1-18(2)7-6-8-19(3)23-11-12-24-22-10-9-20-17-21(28)13-15-26(20,4)25(22)14-16-27(23,24)5/h18-20,22-25H,6-17H2,1-5H3/t19-,20-,22+,23-,24-,25+,26+,27-/m1/s1. The Morgan fingerprint density at radius 3 is 2.39 bits per heavy atom. The molecule has 0 aromatic carbocycles. The zero-order valence-electron chi connectivity index (χ0n) is 19.4. The average molecular weight is 387 g/mol. The molecule has 4 saturated carbocycles. The zero-order valence-corrected chi connectivity index (χ0v) is 19.4. The van der Waals surface area contributed by atoms with Crippen LogP contribution < -0.4 is 0 Å². The van der Waals surface area contributed by atoms with Crippen molar-refractivity contribution in [3.05, 3.63) is 0 Å². The Bertz CT molecular complexity index is 579. The van der Waals surface area contributed by atoms with Crippen molar-refractivity contribution in [2.75, 3.05) is 0 Å². The van der Waals surface area contributed by atoms with E-state index in [0.29, 0.717) is 22.5 Å². The van der Waals surface area contributed by atoms with Crippen molar-refractivity contribution < 1.29 is 4.79 Å². The maximum atomic E-state index is 12.1. The number of carbonyl (C=O) groups is 1. The first kappa shape index (κ1) is 20.9. The number of Topliss-reactive ketones (excluding diaryl/α,β-unsaturated/α-hetero) is 1. The minimum Gasteiger partial charge on any atom is -0.300 e. The highest BCUT2D eigenvalue weighted by atomic mass is 16.1. The molecule has 0 saturated heterocycles. The van der Waals surface area contributed by atoms with E-state index in [4.69, 9.17) is 0 Å². The molecule has 0 radical (unpaired) electrons. The lowest BCUT2D eigenvalue weighted by molar-refractivity contribution is -0.140. The Morgan fingerprint density at radius 2 is 1.64 bits per heavy atom. The van der Waals surface area contributed by atoms with Gasteiger partial charge in [0.05, 0.1) is 0 Å². The van der Waals surface area contributed by atoms with Gasteiger partial charge in [0.25, 0.3) is 0 Å². The van der Waals surface area contributed by atoms with E-state index in [9.17, 15) is 4.79 Å². The molecule has 4 aliphatic carbocycles. The SMILES string of the molecule is CC(C)CCC[C@@H](C)[C@H]1CC[C@@H]2[C@@H]3CC[C@@H]4CC(=O)CC[C@]4(C)[C@H]3CC[C@@]21C. The minimum atomic E-state index is 0.471. The topological polar surface area (TPSA) is 17.1 Å². The van der Waals surface area contributed by atoms with Crippen molar-refractivity contribution in [3.63, 3.8) is 0 Å². The van der Waals surface area contributed by atoms with Gasteiger partial charge in [0.15, 0.2) is 0 Å². The van der Waals surface area contributed by atoms with Crippen molar-refractivity contribution in [3.8, 4) is 0 Å². The van der Waals surface area contributed by atoms with Gasteiger partial charge in [-0.15, -0.1) is 0 Å². The summed E-state index contributed by atoms with van der Waals surface area (Å²) >= 11 is 0. The highest BCUT2D eigenvalue weighted by Crippen LogP contribution is 2.68. The maximum Gasteiger partial charge on any atom is 0.133 e. The van der Waals surface area contributed by atoms with Crippen molar-refractivity contribution >= 4 is 5.78 Å². The number of fused-ring (bicyclic) bond motifs is 5. The van der Waals surface area contributed by atoms with E-state index in [1.54, 1.807) is 0 Å². The molecule has 0 amide bonds. The number of ketones is 1. The molecule has 0 spiro atoms. The molecule has 0 aromatic heterocycles. The number of carbonyl (C=O) groups excluding carboxylic acids is 1. The van der Waals surface area contributed by atoms with Crippen LogP contribution in [0.1, 0.15) is 112 Å². The second-order valence-electron chi connectivity index (χ2n) is 12.4. The fourth-order valence-corrected chi connectivity index (χ4v) is 9.07. The molecular weight excluding hydrogens is 340 g/mol. The largest absolute Gasteiger partial charge is 0.300 e. The van der Waals surface area contributed by atoms with E-state index < -0.39 is 0 Å². The van der Waals surface area contributed by atoms with Crippen LogP contribution >= 0.6 is 0 Å². The van der Waals surface area contributed by atoms with E-state index in [0.717, 1.165) is 48.3 Å². The van der Waals surface area contributed by atoms with Crippen LogP contribution in [0.25, 0.3) is 0 Å². The maximum absolute atomic E-state index is 12.1. The molecule has 0 N–H and O–H groups in total. The summed E-state index contributed by atoms with van der Waals surface area (Å²) in [5.41, 5.74) is 1.07. The molecule has 0 bridgehead atoms. The number of rotatable bonds is 5. The van der Waals surface area contributed by atoms with Crippen LogP contribution in [0.3, 0.4) is 0 Å². The highest BCUT2D eigenvalue weighted by molar-refractivity contribution is 5.79. The molecule has 0 unspecified atom stereocenters. The summed E-state index contributed by atoms with van der Waals surface area (Å²) in [5, 5.41) is 0. The molecule has 8 atom stereocenters. The van der Waals surface area contributed by atoms with Gasteiger partial charge in [-0.1, -0.05) is 53.9 Å². The van der Waals surface area contributed by atoms with Gasteiger partial charge >= 0.3 is 0 Å². The van der Waals surface area contributed by atoms with Crippen LogP contribution in [0, 0.1) is 52.3 Å². The van der Waals surface area contributed by atoms with Crippen LogP contribution in [-0.2, 0) is 4.79 Å². The summed E-state index contributed by atoms with van der Waals surface area (Å²) in [5.74, 6) is 6.82. The zero-order chi connectivity index (χ0) is 20.1. The van der Waals surface area contributed by atoms with E-state index in [2.05, 4.69) is 34.6 Å². The van der Waals surface area contributed by atoms with Gasteiger partial charge in [-0.05, 0) is 97.2 Å². The van der Waals surface area contributed by atoms with Crippen LogP contribution in [0.4, 0.5) is 0 Å². The van der Waals surface area contributed by atoms with Gasteiger partial charge in [0, 0.05) is 12.8 Å². The van der Waals surface area contributed by atoms with Gasteiger partial charge in [-0.25, -0.2) is 0 Å². The molecule has 1 heteroatoms. The molecule has 4 fully saturated rings. The van der Waals surface area contributed by atoms with Crippen molar-refractivity contribution in [1.29, 1.82) is 0 Å². The van der Waals surface area contributed by atoms with Gasteiger partial charge in [0.2, 0.25) is 0 Å². The number of hydrogen-bond acceptors (Lipinski definition) is 1. The van der Waals surface area contributed by atoms with E-state index >= 15 is 0 Å². The Labute approximate surface area is 174 Å². The summed E-state index contributed by atoms with van der Waals surface area (Å²) in [7, 11) is 0. The lowest BCUT2D eigenvalue weighted by atomic mass is 9.44. The lowest BCUT2D eigenvalue weighted by Crippen LogP contribution is -2.53. The lowest BCUT2D eigenvalue weighted by Gasteiger charge is -2.60.